The van der Waals surface area contributed by atoms with E-state index in [0.717, 1.165) is 17.0 Å². The maximum Gasteiger partial charge on any atom is 0.223 e. The van der Waals surface area contributed by atoms with Gasteiger partial charge in [0.25, 0.3) is 0 Å². The molecule has 5 heteroatoms. The molecule has 1 aromatic heterocycles. The molecule has 0 fully saturated rings. The zero-order valence-corrected chi connectivity index (χ0v) is 11.3. The van der Waals surface area contributed by atoms with Crippen LogP contribution in [0.15, 0.2) is 30.3 Å². The maximum atomic E-state index is 5.64. The second-order valence-corrected chi connectivity index (χ2v) is 4.34. The molecule has 19 heavy (non-hydrogen) atoms. The molecule has 0 saturated heterocycles. The Morgan fingerprint density at radius 3 is 2.37 bits per heavy atom. The number of hydrogen-bond acceptors (Lipinski definition) is 5. The lowest BCUT2D eigenvalue weighted by Gasteiger charge is -2.10. The summed E-state index contributed by atoms with van der Waals surface area (Å²) < 4.78 is 10.7. The lowest BCUT2D eigenvalue weighted by atomic mass is 10.1. The number of nitrogens with zero attached hydrogens (tertiary/aromatic N) is 2. The highest BCUT2D eigenvalue weighted by Crippen LogP contribution is 2.24. The fourth-order valence-electron chi connectivity index (χ4n) is 1.67. The van der Waals surface area contributed by atoms with Crippen molar-refractivity contribution in [3.63, 3.8) is 0 Å². The molecular weight excluding hydrogens is 242 g/mol. The molecular formula is C14H17N3O2. The zero-order valence-electron chi connectivity index (χ0n) is 11.3. The van der Waals surface area contributed by atoms with Gasteiger partial charge in [0.05, 0.1) is 18.9 Å². The third kappa shape index (κ3) is 3.34. The van der Waals surface area contributed by atoms with Crippen molar-refractivity contribution in [2.45, 2.75) is 20.0 Å². The summed E-state index contributed by atoms with van der Waals surface area (Å²) in [4.78, 5) is 8.14. The SMILES string of the molecule is COc1cc(-c2ccc(OC(C)C)cc2)nc(N)n1. The van der Waals surface area contributed by atoms with Crippen molar-refractivity contribution in [3.8, 4) is 22.9 Å². The average molecular weight is 259 g/mol. The van der Waals surface area contributed by atoms with Crippen LogP contribution in [0.2, 0.25) is 0 Å². The monoisotopic (exact) mass is 259 g/mol. The first-order valence-corrected chi connectivity index (χ1v) is 6.04. The van der Waals surface area contributed by atoms with Crippen LogP contribution in [-0.2, 0) is 0 Å². The molecule has 2 N–H and O–H groups in total. The van der Waals surface area contributed by atoms with Crippen molar-refractivity contribution < 1.29 is 9.47 Å². The second kappa shape index (κ2) is 5.56. The number of ether oxygens (including phenoxy) is 2. The van der Waals surface area contributed by atoms with Gasteiger partial charge in [-0.25, -0.2) is 4.98 Å². The Kier molecular flexibility index (Phi) is 3.85. The Balaban J connectivity index is 2.29. The molecule has 0 bridgehead atoms. The third-order valence-corrected chi connectivity index (χ3v) is 2.45. The average Bonchev–Trinajstić information content (AvgIpc) is 2.38. The normalized spacial score (nSPS) is 10.5. The Morgan fingerprint density at radius 1 is 1.11 bits per heavy atom. The predicted octanol–water partition coefficient (Wildman–Crippen LogP) is 2.52. The summed E-state index contributed by atoms with van der Waals surface area (Å²) in [6.45, 7) is 3.98. The van der Waals surface area contributed by atoms with E-state index in [0.29, 0.717) is 5.88 Å². The largest absolute Gasteiger partial charge is 0.491 e. The highest BCUT2D eigenvalue weighted by molar-refractivity contribution is 5.62. The van der Waals surface area contributed by atoms with Crippen LogP contribution in [0, 0.1) is 0 Å². The minimum atomic E-state index is 0.153. The van der Waals surface area contributed by atoms with Crippen LogP contribution in [0.3, 0.4) is 0 Å². The number of nitrogen functional groups attached to an aromatic ring is 1. The molecule has 1 aromatic carbocycles. The van der Waals surface area contributed by atoms with Crippen LogP contribution in [0.5, 0.6) is 11.6 Å². The topological polar surface area (TPSA) is 70.3 Å². The van der Waals surface area contributed by atoms with Gasteiger partial charge in [-0.3, -0.25) is 0 Å². The maximum absolute atomic E-state index is 5.64. The smallest absolute Gasteiger partial charge is 0.223 e. The van der Waals surface area contributed by atoms with Gasteiger partial charge in [0.15, 0.2) is 0 Å². The quantitative estimate of drug-likeness (QED) is 0.913. The summed E-state index contributed by atoms with van der Waals surface area (Å²) in [5, 5.41) is 0. The summed E-state index contributed by atoms with van der Waals surface area (Å²) in [6.07, 6.45) is 0.153. The van der Waals surface area contributed by atoms with E-state index in [1.165, 1.54) is 0 Å². The number of benzene rings is 1. The lowest BCUT2D eigenvalue weighted by Crippen LogP contribution is -2.05. The van der Waals surface area contributed by atoms with E-state index in [2.05, 4.69) is 9.97 Å². The highest BCUT2D eigenvalue weighted by atomic mass is 16.5. The van der Waals surface area contributed by atoms with Crippen molar-refractivity contribution >= 4 is 5.95 Å². The third-order valence-electron chi connectivity index (χ3n) is 2.45. The van der Waals surface area contributed by atoms with Crippen LogP contribution >= 0.6 is 0 Å². The first-order valence-electron chi connectivity index (χ1n) is 6.04. The molecule has 0 amide bonds. The van der Waals surface area contributed by atoms with Gasteiger partial charge in [0.1, 0.15) is 5.75 Å². The molecule has 0 atom stereocenters. The molecule has 0 spiro atoms. The van der Waals surface area contributed by atoms with E-state index in [-0.39, 0.29) is 12.1 Å². The van der Waals surface area contributed by atoms with E-state index >= 15 is 0 Å². The molecule has 0 radical (unpaired) electrons. The molecule has 0 saturated carbocycles. The minimum absolute atomic E-state index is 0.153. The summed E-state index contributed by atoms with van der Waals surface area (Å²) in [6, 6.07) is 9.41. The van der Waals surface area contributed by atoms with Crippen molar-refractivity contribution in [1.82, 2.24) is 9.97 Å². The lowest BCUT2D eigenvalue weighted by molar-refractivity contribution is 0.242. The number of hydrogen-bond donors (Lipinski definition) is 1. The van der Waals surface area contributed by atoms with E-state index in [1.54, 1.807) is 13.2 Å². The summed E-state index contributed by atoms with van der Waals surface area (Å²) in [5.74, 6) is 1.47. The first kappa shape index (κ1) is 13.1. The van der Waals surface area contributed by atoms with Gasteiger partial charge in [-0.1, -0.05) is 0 Å². The number of nitrogens with two attached hydrogens (primary N) is 1. The Labute approximate surface area is 112 Å². The molecule has 1 heterocycles. The zero-order chi connectivity index (χ0) is 13.8. The standard InChI is InChI=1S/C14H17N3O2/c1-9(2)19-11-6-4-10(5-7-11)12-8-13(18-3)17-14(15)16-12/h4-9H,1-3H3,(H2,15,16,17). The van der Waals surface area contributed by atoms with Gasteiger partial charge >= 0.3 is 0 Å². The fourth-order valence-corrected chi connectivity index (χ4v) is 1.67. The minimum Gasteiger partial charge on any atom is -0.491 e. The molecule has 100 valence electrons. The Bertz CT molecular complexity index is 553. The summed E-state index contributed by atoms with van der Waals surface area (Å²) >= 11 is 0. The molecule has 0 unspecified atom stereocenters. The molecule has 5 nitrogen and oxygen atoms in total. The van der Waals surface area contributed by atoms with Gasteiger partial charge in [0.2, 0.25) is 11.8 Å². The van der Waals surface area contributed by atoms with E-state index in [4.69, 9.17) is 15.2 Å². The second-order valence-electron chi connectivity index (χ2n) is 4.34. The van der Waals surface area contributed by atoms with E-state index < -0.39 is 0 Å². The van der Waals surface area contributed by atoms with Crippen molar-refractivity contribution in [2.24, 2.45) is 0 Å². The van der Waals surface area contributed by atoms with Gasteiger partial charge in [-0.05, 0) is 38.1 Å². The van der Waals surface area contributed by atoms with E-state index in [9.17, 15) is 0 Å². The van der Waals surface area contributed by atoms with Gasteiger partial charge in [0, 0.05) is 11.6 Å². The first-order chi connectivity index (χ1) is 9.08. The molecule has 0 aliphatic carbocycles. The molecule has 2 rings (SSSR count). The number of aromatic nitrogens is 2. The van der Waals surface area contributed by atoms with Crippen LogP contribution in [-0.4, -0.2) is 23.2 Å². The fraction of sp³-hybridized carbons (Fsp3) is 0.286. The van der Waals surface area contributed by atoms with Crippen molar-refractivity contribution in [2.75, 3.05) is 12.8 Å². The van der Waals surface area contributed by atoms with Crippen LogP contribution in [0.1, 0.15) is 13.8 Å². The van der Waals surface area contributed by atoms with Gasteiger partial charge in [-0.2, -0.15) is 4.98 Å². The molecule has 0 aliphatic heterocycles. The van der Waals surface area contributed by atoms with Crippen molar-refractivity contribution in [1.29, 1.82) is 0 Å². The van der Waals surface area contributed by atoms with Crippen molar-refractivity contribution in [3.05, 3.63) is 30.3 Å². The number of anilines is 1. The van der Waals surface area contributed by atoms with Gasteiger partial charge in [-0.15, -0.1) is 0 Å². The summed E-state index contributed by atoms with van der Waals surface area (Å²) in [5.41, 5.74) is 7.30. The van der Waals surface area contributed by atoms with Crippen LogP contribution < -0.4 is 15.2 Å². The Morgan fingerprint density at radius 2 is 1.79 bits per heavy atom. The van der Waals surface area contributed by atoms with E-state index in [1.807, 2.05) is 38.1 Å². The number of methoxy groups -OCH3 is 1. The van der Waals surface area contributed by atoms with Crippen LogP contribution in [0.25, 0.3) is 11.3 Å². The summed E-state index contributed by atoms with van der Waals surface area (Å²) in [7, 11) is 1.55. The predicted molar refractivity (Wildman–Crippen MR) is 74.2 cm³/mol. The molecule has 0 aliphatic rings. The Hall–Kier alpha value is -2.30. The van der Waals surface area contributed by atoms with Crippen LogP contribution in [0.4, 0.5) is 5.95 Å². The highest BCUT2D eigenvalue weighted by Gasteiger charge is 2.06. The molecule has 2 aromatic rings. The van der Waals surface area contributed by atoms with Gasteiger partial charge < -0.3 is 15.2 Å². The number of rotatable bonds is 4.